The van der Waals surface area contributed by atoms with Gasteiger partial charge in [-0.05, 0) is 25.5 Å². The number of nitro groups is 1. The Morgan fingerprint density at radius 3 is 2.66 bits per heavy atom. The third-order valence-electron chi connectivity index (χ3n) is 4.97. The molecule has 4 rings (SSSR count). The predicted molar refractivity (Wildman–Crippen MR) is 120 cm³/mol. The molecule has 0 fully saturated rings. The Bertz CT molecular complexity index is 1190. The topological polar surface area (TPSA) is 112 Å². The van der Waals surface area contributed by atoms with Crippen LogP contribution in [0.3, 0.4) is 0 Å². The van der Waals surface area contributed by atoms with E-state index in [4.69, 9.17) is 4.74 Å². The summed E-state index contributed by atoms with van der Waals surface area (Å²) in [7, 11) is 0. The molecule has 0 bridgehead atoms. The molecule has 2 heterocycles. The normalized spacial score (nSPS) is 15.1. The summed E-state index contributed by atoms with van der Waals surface area (Å²) in [6, 6.07) is 15.4. The molecule has 0 spiro atoms. The summed E-state index contributed by atoms with van der Waals surface area (Å²) in [5.41, 5.74) is 2.14. The lowest BCUT2D eigenvalue weighted by atomic mass is 9.94. The number of fused-ring (bicyclic) bond motifs is 1. The molecule has 32 heavy (non-hydrogen) atoms. The highest BCUT2D eigenvalue weighted by atomic mass is 32.2. The first-order valence-electron chi connectivity index (χ1n) is 10.0. The quantitative estimate of drug-likeness (QED) is 0.244. The minimum atomic E-state index is -0.842. The molecule has 1 atom stereocenters. The second-order valence-corrected chi connectivity index (χ2v) is 7.98. The largest absolute Gasteiger partial charge is 0.463 e. The van der Waals surface area contributed by atoms with Crippen LogP contribution in [0.2, 0.25) is 0 Å². The molecule has 0 amide bonds. The van der Waals surface area contributed by atoms with Gasteiger partial charge in [-0.15, -0.1) is 5.10 Å². The first-order chi connectivity index (χ1) is 15.5. The number of para-hydroxylation sites is 1. The van der Waals surface area contributed by atoms with Gasteiger partial charge in [0, 0.05) is 17.5 Å². The third kappa shape index (κ3) is 4.22. The predicted octanol–water partition coefficient (Wildman–Crippen LogP) is 4.33. The number of carbonyl (C=O) groups is 1. The van der Waals surface area contributed by atoms with Gasteiger partial charge < -0.3 is 10.1 Å². The molecule has 9 nitrogen and oxygen atoms in total. The molecule has 1 aliphatic heterocycles. The van der Waals surface area contributed by atoms with Crippen molar-refractivity contribution in [3.05, 3.63) is 87.1 Å². The molecule has 1 aliphatic rings. The lowest BCUT2D eigenvalue weighted by Crippen LogP contribution is -2.30. The second kappa shape index (κ2) is 9.23. The van der Waals surface area contributed by atoms with Crippen LogP contribution in [0.5, 0.6) is 0 Å². The zero-order valence-electron chi connectivity index (χ0n) is 17.5. The monoisotopic (exact) mass is 451 g/mol. The van der Waals surface area contributed by atoms with Gasteiger partial charge >= 0.3 is 5.97 Å². The van der Waals surface area contributed by atoms with Crippen molar-refractivity contribution in [2.24, 2.45) is 0 Å². The van der Waals surface area contributed by atoms with Crippen LogP contribution in [0.4, 0.5) is 11.6 Å². The Labute approximate surface area is 188 Å². The number of nitro benzene ring substituents is 1. The van der Waals surface area contributed by atoms with Crippen molar-refractivity contribution in [1.82, 2.24) is 14.8 Å². The number of anilines is 1. The molecule has 3 aromatic rings. The maximum Gasteiger partial charge on any atom is 0.338 e. The zero-order valence-corrected chi connectivity index (χ0v) is 18.3. The highest BCUT2D eigenvalue weighted by Crippen LogP contribution is 2.40. The number of esters is 1. The summed E-state index contributed by atoms with van der Waals surface area (Å²) in [6.07, 6.45) is 0. The van der Waals surface area contributed by atoms with E-state index >= 15 is 0 Å². The molecule has 164 valence electrons. The van der Waals surface area contributed by atoms with Crippen LogP contribution < -0.4 is 5.32 Å². The maximum absolute atomic E-state index is 12.8. The number of thioether (sulfide) groups is 1. The number of rotatable bonds is 7. The lowest BCUT2D eigenvalue weighted by molar-refractivity contribution is -0.385. The number of aromatic nitrogens is 3. The number of ether oxygens (including phenoxy) is 1. The maximum atomic E-state index is 12.8. The van der Waals surface area contributed by atoms with Crippen molar-refractivity contribution >= 4 is 29.4 Å². The zero-order chi connectivity index (χ0) is 22.7. The standard InChI is InChI=1S/C22H21N5O4S/c1-3-31-20(28)18-14(2)23-21-24-22(32-13-15-9-5-4-6-10-15)25-26(21)19(18)16-11-7-8-12-17(16)27(29)30/h4-12,19H,3,13H2,1-2H3,(H,23,24,25)/t19-/m1/s1. The fraction of sp³-hybridized carbons (Fsp3) is 0.227. The molecule has 1 N–H and O–H groups in total. The van der Waals surface area contributed by atoms with Gasteiger partial charge in [0.1, 0.15) is 6.04 Å². The number of carbonyl (C=O) groups excluding carboxylic acids is 1. The van der Waals surface area contributed by atoms with E-state index in [2.05, 4.69) is 15.4 Å². The van der Waals surface area contributed by atoms with E-state index in [1.54, 1.807) is 32.0 Å². The van der Waals surface area contributed by atoms with Crippen LogP contribution in [0.1, 0.15) is 31.0 Å². The fourth-order valence-corrected chi connectivity index (χ4v) is 4.35. The molecule has 1 aromatic heterocycles. The first-order valence-corrected chi connectivity index (χ1v) is 11.0. The molecule has 10 heteroatoms. The molecular formula is C22H21N5O4S. The van der Waals surface area contributed by atoms with E-state index in [1.165, 1.54) is 22.5 Å². The summed E-state index contributed by atoms with van der Waals surface area (Å²) >= 11 is 1.44. The van der Waals surface area contributed by atoms with Gasteiger partial charge in [0.15, 0.2) is 0 Å². The molecule has 0 saturated heterocycles. The Morgan fingerprint density at radius 1 is 1.22 bits per heavy atom. The SMILES string of the molecule is CCOC(=O)C1=C(C)Nc2nc(SCc3ccccc3)nn2[C@@H]1c1ccccc1[N+](=O)[O-]. The number of nitrogens with zero attached hydrogens (tertiary/aromatic N) is 4. The smallest absolute Gasteiger partial charge is 0.338 e. The van der Waals surface area contributed by atoms with Crippen molar-refractivity contribution in [1.29, 1.82) is 0 Å². The van der Waals surface area contributed by atoms with E-state index in [-0.39, 0.29) is 17.9 Å². The number of benzene rings is 2. The summed E-state index contributed by atoms with van der Waals surface area (Å²) in [5.74, 6) is 0.520. The van der Waals surface area contributed by atoms with Crippen LogP contribution in [-0.2, 0) is 15.3 Å². The molecule has 0 aliphatic carbocycles. The lowest BCUT2D eigenvalue weighted by Gasteiger charge is -2.27. The van der Waals surface area contributed by atoms with E-state index in [1.807, 2.05) is 30.3 Å². The summed E-state index contributed by atoms with van der Waals surface area (Å²) in [4.78, 5) is 28.7. The van der Waals surface area contributed by atoms with Gasteiger partial charge in [-0.25, -0.2) is 9.48 Å². The van der Waals surface area contributed by atoms with Crippen LogP contribution in [-0.4, -0.2) is 32.3 Å². The minimum Gasteiger partial charge on any atom is -0.463 e. The van der Waals surface area contributed by atoms with Gasteiger partial charge in [-0.1, -0.05) is 54.2 Å². The van der Waals surface area contributed by atoms with Crippen LogP contribution in [0.25, 0.3) is 0 Å². The number of hydrogen-bond acceptors (Lipinski definition) is 8. The molecular weight excluding hydrogens is 430 g/mol. The van der Waals surface area contributed by atoms with Crippen LogP contribution in [0, 0.1) is 10.1 Å². The van der Waals surface area contributed by atoms with Gasteiger partial charge in [0.2, 0.25) is 11.1 Å². The van der Waals surface area contributed by atoms with Gasteiger partial charge in [0.05, 0.1) is 22.7 Å². The fourth-order valence-electron chi connectivity index (χ4n) is 3.56. The first kappa shape index (κ1) is 21.6. The number of hydrogen-bond donors (Lipinski definition) is 1. The van der Waals surface area contributed by atoms with Gasteiger partial charge in [-0.2, -0.15) is 4.98 Å². The van der Waals surface area contributed by atoms with Crippen molar-refractivity contribution in [3.63, 3.8) is 0 Å². The Kier molecular flexibility index (Phi) is 6.22. The Morgan fingerprint density at radius 2 is 1.94 bits per heavy atom. The van der Waals surface area contributed by atoms with Crippen molar-refractivity contribution in [3.8, 4) is 0 Å². The van der Waals surface area contributed by atoms with Gasteiger partial charge in [-0.3, -0.25) is 10.1 Å². The second-order valence-electron chi connectivity index (χ2n) is 7.04. The molecule has 0 radical (unpaired) electrons. The highest BCUT2D eigenvalue weighted by Gasteiger charge is 2.38. The summed E-state index contributed by atoms with van der Waals surface area (Å²) < 4.78 is 6.78. The van der Waals surface area contributed by atoms with Crippen molar-refractivity contribution in [2.75, 3.05) is 11.9 Å². The van der Waals surface area contributed by atoms with E-state index in [0.29, 0.717) is 28.1 Å². The van der Waals surface area contributed by atoms with Crippen LogP contribution in [0.15, 0.2) is 71.0 Å². The van der Waals surface area contributed by atoms with Crippen molar-refractivity contribution < 1.29 is 14.5 Å². The molecule has 0 saturated carbocycles. The highest BCUT2D eigenvalue weighted by molar-refractivity contribution is 7.98. The number of nitrogens with one attached hydrogen (secondary N) is 1. The Balaban J connectivity index is 1.77. The third-order valence-corrected chi connectivity index (χ3v) is 5.88. The van der Waals surface area contributed by atoms with Crippen LogP contribution >= 0.6 is 11.8 Å². The van der Waals surface area contributed by atoms with Crippen molar-refractivity contribution in [2.45, 2.75) is 30.8 Å². The molecule has 2 aromatic carbocycles. The Hall–Kier alpha value is -3.66. The van der Waals surface area contributed by atoms with Gasteiger partial charge in [0.25, 0.3) is 5.69 Å². The molecule has 0 unspecified atom stereocenters. The average Bonchev–Trinajstić information content (AvgIpc) is 3.20. The van der Waals surface area contributed by atoms with E-state index < -0.39 is 16.9 Å². The average molecular weight is 452 g/mol. The minimum absolute atomic E-state index is 0.103. The summed E-state index contributed by atoms with van der Waals surface area (Å²) in [5, 5.41) is 19.9. The number of allylic oxidation sites excluding steroid dienone is 1. The van der Waals surface area contributed by atoms with E-state index in [0.717, 1.165) is 5.56 Å². The summed E-state index contributed by atoms with van der Waals surface area (Å²) in [6.45, 7) is 3.62. The van der Waals surface area contributed by atoms with E-state index in [9.17, 15) is 14.9 Å².